The number of amides is 1. The highest BCUT2D eigenvalue weighted by atomic mass is 32.1. The third kappa shape index (κ3) is 19.3. The molecule has 0 bridgehead atoms. The van der Waals surface area contributed by atoms with Crippen LogP contribution in [0, 0.1) is 0 Å². The Hall–Kier alpha value is -0.840. The van der Waals surface area contributed by atoms with Gasteiger partial charge in [-0.2, -0.15) is 0 Å². The Labute approximate surface area is 161 Å². The van der Waals surface area contributed by atoms with Crippen LogP contribution in [0.2, 0.25) is 0 Å². The molecule has 0 aromatic carbocycles. The van der Waals surface area contributed by atoms with E-state index in [0.29, 0.717) is 13.0 Å². The predicted octanol–water partition coefficient (Wildman–Crippen LogP) is 4.68. The molecule has 0 fully saturated rings. The van der Waals surface area contributed by atoms with Crippen LogP contribution in [0.25, 0.3) is 0 Å². The van der Waals surface area contributed by atoms with Gasteiger partial charge in [0.2, 0.25) is 5.91 Å². The van der Waals surface area contributed by atoms with Gasteiger partial charge in [-0.15, -0.1) is 0 Å². The van der Waals surface area contributed by atoms with Gasteiger partial charge in [-0.1, -0.05) is 64.7 Å². The highest BCUT2D eigenvalue weighted by molar-refractivity contribution is 7.80. The molecule has 0 aromatic rings. The molecule has 0 aliphatic rings. The zero-order valence-corrected chi connectivity index (χ0v) is 17.4. The molecular weight excluding hydrogens is 330 g/mol. The minimum atomic E-state index is 0.143. The van der Waals surface area contributed by atoms with Crippen molar-refractivity contribution in [2.24, 2.45) is 0 Å². The second-order valence-electron chi connectivity index (χ2n) is 6.78. The van der Waals surface area contributed by atoms with Gasteiger partial charge in [-0.3, -0.25) is 4.79 Å². The largest absolute Gasteiger partial charge is 0.363 e. The van der Waals surface area contributed by atoms with Gasteiger partial charge in [0, 0.05) is 26.1 Å². The Morgan fingerprint density at radius 2 is 1.16 bits per heavy atom. The Morgan fingerprint density at radius 3 is 1.68 bits per heavy atom. The average Bonchev–Trinajstić information content (AvgIpc) is 2.59. The van der Waals surface area contributed by atoms with E-state index < -0.39 is 0 Å². The molecule has 4 nitrogen and oxygen atoms in total. The zero-order valence-electron chi connectivity index (χ0n) is 16.6. The van der Waals surface area contributed by atoms with Gasteiger partial charge in [0.25, 0.3) is 0 Å². The van der Waals surface area contributed by atoms with Crippen molar-refractivity contribution < 1.29 is 4.79 Å². The lowest BCUT2D eigenvalue weighted by atomic mass is 10.1. The first kappa shape index (κ1) is 24.2. The van der Waals surface area contributed by atoms with Crippen LogP contribution in [-0.2, 0) is 4.79 Å². The summed E-state index contributed by atoms with van der Waals surface area (Å²) < 4.78 is 0. The van der Waals surface area contributed by atoms with E-state index in [-0.39, 0.29) is 5.91 Å². The van der Waals surface area contributed by atoms with E-state index in [1.807, 2.05) is 6.92 Å². The molecular formula is C20H41N3OS. The number of carbonyl (C=O) groups excluding carboxylic acids is 1. The van der Waals surface area contributed by atoms with E-state index in [2.05, 4.69) is 22.9 Å². The van der Waals surface area contributed by atoms with Gasteiger partial charge in [-0.05, 0) is 38.4 Å². The molecule has 0 aromatic heterocycles. The molecule has 1 amide bonds. The smallest absolute Gasteiger partial charge is 0.219 e. The van der Waals surface area contributed by atoms with E-state index in [4.69, 9.17) is 12.2 Å². The number of carbonyl (C=O) groups is 1. The van der Waals surface area contributed by atoms with Crippen molar-refractivity contribution in [1.29, 1.82) is 0 Å². The lowest BCUT2D eigenvalue weighted by molar-refractivity contribution is -0.121. The number of nitrogens with one attached hydrogen (secondary N) is 3. The summed E-state index contributed by atoms with van der Waals surface area (Å²) in [5.74, 6) is 0.143. The highest BCUT2D eigenvalue weighted by Gasteiger charge is 1.99. The predicted molar refractivity (Wildman–Crippen MR) is 113 cm³/mol. The van der Waals surface area contributed by atoms with E-state index in [9.17, 15) is 4.79 Å². The molecule has 25 heavy (non-hydrogen) atoms. The lowest BCUT2D eigenvalue weighted by Gasteiger charge is -2.10. The molecule has 0 rings (SSSR count). The SMILES string of the molecule is CCCCCCCCCCCCNC(=S)NCCCCC(=O)NCC. The van der Waals surface area contributed by atoms with E-state index in [1.54, 1.807) is 0 Å². The fraction of sp³-hybridized carbons (Fsp3) is 0.900. The molecule has 0 atom stereocenters. The zero-order chi connectivity index (χ0) is 18.6. The summed E-state index contributed by atoms with van der Waals surface area (Å²) in [5.41, 5.74) is 0. The quantitative estimate of drug-likeness (QED) is 0.257. The molecule has 3 N–H and O–H groups in total. The molecule has 5 heteroatoms. The number of unbranched alkanes of at least 4 members (excludes halogenated alkanes) is 10. The fourth-order valence-electron chi connectivity index (χ4n) is 2.77. The maximum Gasteiger partial charge on any atom is 0.219 e. The van der Waals surface area contributed by atoms with Crippen molar-refractivity contribution in [3.8, 4) is 0 Å². The Bertz CT molecular complexity index is 324. The van der Waals surface area contributed by atoms with Crippen molar-refractivity contribution in [2.75, 3.05) is 19.6 Å². The number of thiocarbonyl (C=S) groups is 1. The summed E-state index contributed by atoms with van der Waals surface area (Å²) in [4.78, 5) is 11.3. The monoisotopic (exact) mass is 371 g/mol. The minimum Gasteiger partial charge on any atom is -0.363 e. The number of hydrogen-bond acceptors (Lipinski definition) is 2. The van der Waals surface area contributed by atoms with Crippen LogP contribution < -0.4 is 16.0 Å². The molecule has 0 unspecified atom stereocenters. The van der Waals surface area contributed by atoms with Crippen molar-refractivity contribution in [2.45, 2.75) is 97.3 Å². The Morgan fingerprint density at radius 1 is 0.680 bits per heavy atom. The molecule has 0 saturated carbocycles. The maximum atomic E-state index is 11.3. The normalized spacial score (nSPS) is 10.5. The van der Waals surface area contributed by atoms with Crippen LogP contribution in [0.4, 0.5) is 0 Å². The number of rotatable bonds is 17. The third-order valence-corrected chi connectivity index (χ3v) is 4.59. The van der Waals surface area contributed by atoms with Crippen LogP contribution in [0.15, 0.2) is 0 Å². The summed E-state index contributed by atoms with van der Waals surface area (Å²) in [6, 6.07) is 0. The summed E-state index contributed by atoms with van der Waals surface area (Å²) in [7, 11) is 0. The van der Waals surface area contributed by atoms with Crippen molar-refractivity contribution in [1.82, 2.24) is 16.0 Å². The van der Waals surface area contributed by atoms with Gasteiger partial charge in [0.1, 0.15) is 0 Å². The van der Waals surface area contributed by atoms with Crippen LogP contribution in [0.3, 0.4) is 0 Å². The van der Waals surface area contributed by atoms with Gasteiger partial charge >= 0.3 is 0 Å². The van der Waals surface area contributed by atoms with Crippen LogP contribution in [0.5, 0.6) is 0 Å². The Balaban J connectivity index is 3.21. The van der Waals surface area contributed by atoms with E-state index >= 15 is 0 Å². The summed E-state index contributed by atoms with van der Waals surface area (Å²) >= 11 is 5.27. The second-order valence-corrected chi connectivity index (χ2v) is 7.18. The van der Waals surface area contributed by atoms with Crippen LogP contribution in [0.1, 0.15) is 97.3 Å². The maximum absolute atomic E-state index is 11.3. The molecule has 0 aliphatic heterocycles. The van der Waals surface area contributed by atoms with Gasteiger partial charge in [0.05, 0.1) is 0 Å². The Kier molecular flexibility index (Phi) is 18.8. The molecule has 0 heterocycles. The highest BCUT2D eigenvalue weighted by Crippen LogP contribution is 2.10. The molecule has 0 radical (unpaired) electrons. The van der Waals surface area contributed by atoms with Crippen LogP contribution in [-0.4, -0.2) is 30.7 Å². The third-order valence-electron chi connectivity index (χ3n) is 4.31. The fourth-order valence-corrected chi connectivity index (χ4v) is 2.98. The van der Waals surface area contributed by atoms with Gasteiger partial charge < -0.3 is 16.0 Å². The second kappa shape index (κ2) is 19.5. The average molecular weight is 372 g/mol. The standard InChI is InChI=1S/C20H41N3OS/c1-3-5-6-7-8-9-10-11-12-14-17-22-20(25)23-18-15-13-16-19(24)21-4-2/h3-18H2,1-2H3,(H,21,24)(H2,22,23,25). The lowest BCUT2D eigenvalue weighted by Crippen LogP contribution is -2.36. The minimum absolute atomic E-state index is 0.143. The van der Waals surface area contributed by atoms with E-state index in [0.717, 1.165) is 31.0 Å². The first-order valence-corrected chi connectivity index (χ1v) is 10.9. The number of hydrogen-bond donors (Lipinski definition) is 3. The molecule has 0 aliphatic carbocycles. The molecule has 0 spiro atoms. The summed E-state index contributed by atoms with van der Waals surface area (Å²) in [6.07, 6.45) is 16.0. The first-order chi connectivity index (χ1) is 12.2. The summed E-state index contributed by atoms with van der Waals surface area (Å²) in [5, 5.41) is 10.0. The van der Waals surface area contributed by atoms with Crippen molar-refractivity contribution >= 4 is 23.2 Å². The van der Waals surface area contributed by atoms with Gasteiger partial charge in [0.15, 0.2) is 5.11 Å². The van der Waals surface area contributed by atoms with E-state index in [1.165, 1.54) is 64.2 Å². The summed E-state index contributed by atoms with van der Waals surface area (Å²) in [6.45, 7) is 6.72. The van der Waals surface area contributed by atoms with Crippen LogP contribution >= 0.6 is 12.2 Å². The topological polar surface area (TPSA) is 53.2 Å². The first-order valence-electron chi connectivity index (χ1n) is 10.5. The van der Waals surface area contributed by atoms with Crippen molar-refractivity contribution in [3.63, 3.8) is 0 Å². The van der Waals surface area contributed by atoms with Gasteiger partial charge in [-0.25, -0.2) is 0 Å². The molecule has 148 valence electrons. The molecule has 0 saturated heterocycles. The van der Waals surface area contributed by atoms with Crippen molar-refractivity contribution in [3.05, 3.63) is 0 Å².